The summed E-state index contributed by atoms with van der Waals surface area (Å²) in [5, 5.41) is 21.0. The largest absolute Gasteiger partial charge is 0.456 e. The number of hydrogen-bond acceptors (Lipinski definition) is 9. The molecule has 0 aliphatic heterocycles. The SMILES string of the molecule is c1ccc(-n2c3ccccc3c3ccc4c5ccccc5n(-c5nc6ccccc6nc5-c5ccc6oc7ccccc7c6c5)c4c32)cc1.c1ccc(-n2c3ccccc3c3ccc4c5ccccc5n(-c5nc6ccccc6nc5-c5cccc6c5oc5ccccc56)c4c32)cc1.c1ccc(-n2c3ccccc3c3ccc4c5ccccc5n(-c5nc6ccccc6nc5-c5cccc6c5sc5ccccc56)c4c32)cc1. The van der Waals surface area contributed by atoms with Crippen LogP contribution in [-0.4, -0.2) is 57.3 Å². The van der Waals surface area contributed by atoms with Crippen LogP contribution in [0, 0.1) is 0 Å². The first-order valence-electron chi connectivity index (χ1n) is 49.6. The number of nitrogens with zero attached hydrogens (tertiary/aromatic N) is 12. The normalized spacial score (nSPS) is 12.1. The van der Waals surface area contributed by atoms with Crippen molar-refractivity contribution in [1.29, 1.82) is 0 Å². The molecule has 15 heteroatoms. The molecule has 0 spiro atoms. The molecule has 12 aromatic heterocycles. The Morgan fingerprint density at radius 3 is 0.878 bits per heavy atom. The molecule has 0 fully saturated rings. The number of rotatable bonds is 9. The Labute approximate surface area is 840 Å². The molecule has 0 aliphatic carbocycles. The summed E-state index contributed by atoms with van der Waals surface area (Å²) in [4.78, 5) is 32.6. The molecule has 684 valence electrons. The van der Waals surface area contributed by atoms with Crippen molar-refractivity contribution < 1.29 is 8.83 Å². The van der Waals surface area contributed by atoms with Crippen LogP contribution in [0.2, 0.25) is 0 Å². The number of hydrogen-bond donors (Lipinski definition) is 0. The third-order valence-corrected chi connectivity index (χ3v) is 30.9. The van der Waals surface area contributed by atoms with E-state index in [0.29, 0.717) is 0 Å². The van der Waals surface area contributed by atoms with Crippen LogP contribution in [-0.2, 0) is 0 Å². The molecule has 147 heavy (non-hydrogen) atoms. The van der Waals surface area contributed by atoms with E-state index in [0.717, 1.165) is 217 Å². The number of benzene rings is 21. The Kier molecular flexibility index (Phi) is 18.1. The zero-order valence-electron chi connectivity index (χ0n) is 78.6. The van der Waals surface area contributed by atoms with Crippen LogP contribution in [0.1, 0.15) is 0 Å². The summed E-state index contributed by atoms with van der Waals surface area (Å²) in [5.74, 6) is 2.37. The van der Waals surface area contributed by atoms with Gasteiger partial charge < -0.3 is 22.5 Å². The fourth-order valence-corrected chi connectivity index (χ4v) is 24.7. The van der Waals surface area contributed by atoms with Gasteiger partial charge in [-0.05, 0) is 152 Å². The highest BCUT2D eigenvalue weighted by Gasteiger charge is 2.32. The molecule has 0 bridgehead atoms. The van der Waals surface area contributed by atoms with Crippen LogP contribution < -0.4 is 0 Å². The minimum atomic E-state index is 0.759. The van der Waals surface area contributed by atoms with Crippen molar-refractivity contribution in [2.75, 3.05) is 0 Å². The van der Waals surface area contributed by atoms with E-state index in [2.05, 4.69) is 416 Å². The third kappa shape index (κ3) is 12.4. The Morgan fingerprint density at radius 1 is 0.177 bits per heavy atom. The maximum Gasteiger partial charge on any atom is 0.165 e. The van der Waals surface area contributed by atoms with Gasteiger partial charge >= 0.3 is 0 Å². The Hall–Kier alpha value is -19.7. The van der Waals surface area contributed by atoms with Gasteiger partial charge in [-0.3, -0.25) is 13.7 Å². The second kappa shape index (κ2) is 32.4. The van der Waals surface area contributed by atoms with Crippen LogP contribution >= 0.6 is 11.3 Å². The van der Waals surface area contributed by atoms with E-state index in [9.17, 15) is 0 Å². The molecule has 33 rings (SSSR count). The van der Waals surface area contributed by atoms with Crippen molar-refractivity contribution in [3.8, 4) is 68.3 Å². The van der Waals surface area contributed by atoms with E-state index in [1.54, 1.807) is 0 Å². The first-order chi connectivity index (χ1) is 73.0. The Morgan fingerprint density at radius 2 is 0.463 bits per heavy atom. The lowest BCUT2D eigenvalue weighted by Gasteiger charge is -2.16. The Balaban J connectivity index is 0.0000000999. The van der Waals surface area contributed by atoms with Gasteiger partial charge in [-0.15, -0.1) is 11.3 Å². The average molecular weight is 1900 g/mol. The van der Waals surface area contributed by atoms with Crippen molar-refractivity contribution in [3.63, 3.8) is 0 Å². The first-order valence-corrected chi connectivity index (χ1v) is 50.4. The molecular formula is C132H78N12O2S. The first kappa shape index (κ1) is 82.0. The van der Waals surface area contributed by atoms with E-state index in [4.69, 9.17) is 38.7 Å². The molecule has 0 saturated carbocycles. The van der Waals surface area contributed by atoms with Crippen LogP contribution in [0.25, 0.3) is 296 Å². The topological polar surface area (TPSA) is 133 Å². The highest BCUT2D eigenvalue weighted by molar-refractivity contribution is 7.26. The van der Waals surface area contributed by atoms with Gasteiger partial charge in [0.2, 0.25) is 0 Å². The van der Waals surface area contributed by atoms with E-state index >= 15 is 0 Å². The summed E-state index contributed by atoms with van der Waals surface area (Å²) in [6.07, 6.45) is 0. The maximum atomic E-state index is 6.60. The molecular weight excluding hydrogens is 1820 g/mol. The van der Waals surface area contributed by atoms with Gasteiger partial charge in [-0.2, -0.15) is 0 Å². The van der Waals surface area contributed by atoms with Crippen LogP contribution in [0.5, 0.6) is 0 Å². The fourth-order valence-electron chi connectivity index (χ4n) is 23.4. The van der Waals surface area contributed by atoms with Gasteiger partial charge in [-0.25, -0.2) is 29.9 Å². The van der Waals surface area contributed by atoms with Gasteiger partial charge in [-0.1, -0.05) is 322 Å². The van der Waals surface area contributed by atoms with E-state index in [-0.39, 0.29) is 0 Å². The molecule has 0 amide bonds. The summed E-state index contributed by atoms with van der Waals surface area (Å²) >= 11 is 1.83. The number of thiophene rings is 1. The lowest BCUT2D eigenvalue weighted by atomic mass is 10.1. The molecule has 33 aromatic rings. The number of aromatic nitrogens is 12. The highest BCUT2D eigenvalue weighted by atomic mass is 32.1. The van der Waals surface area contributed by atoms with Crippen molar-refractivity contribution in [2.24, 2.45) is 0 Å². The fraction of sp³-hybridized carbons (Fsp3) is 0. The van der Waals surface area contributed by atoms with Crippen molar-refractivity contribution in [3.05, 3.63) is 473 Å². The van der Waals surface area contributed by atoms with Crippen LogP contribution in [0.15, 0.2) is 482 Å². The molecule has 0 radical (unpaired) electrons. The maximum absolute atomic E-state index is 6.60. The van der Waals surface area contributed by atoms with Gasteiger partial charge in [0.05, 0.1) is 99.3 Å². The summed E-state index contributed by atoms with van der Waals surface area (Å²) in [6.45, 7) is 0. The minimum Gasteiger partial charge on any atom is -0.456 e. The summed E-state index contributed by atoms with van der Waals surface area (Å²) in [7, 11) is 0. The van der Waals surface area contributed by atoms with Gasteiger partial charge in [0.15, 0.2) is 17.5 Å². The lowest BCUT2D eigenvalue weighted by molar-refractivity contribution is 0.669. The van der Waals surface area contributed by atoms with Gasteiger partial charge in [0, 0.05) is 140 Å². The smallest absolute Gasteiger partial charge is 0.165 e. The van der Waals surface area contributed by atoms with Crippen molar-refractivity contribution in [1.82, 2.24) is 57.3 Å². The van der Waals surface area contributed by atoms with Crippen LogP contribution in [0.4, 0.5) is 0 Å². The molecule has 14 nitrogen and oxygen atoms in total. The summed E-state index contributed by atoms with van der Waals surface area (Å²) in [5.41, 5.74) is 30.7. The molecule has 0 atom stereocenters. The standard InChI is InChI=1S/2C44H26N4O.C44H26N4S/c1-2-13-27(14-3-1)47-37-22-9-4-15-28(37)31-25-26-32-29-16-5-10-23-38(29)48(42(32)41(31)47)44-40(45-35-20-7-8-21-36(35)46-44)34-19-12-18-33-30-17-6-11-24-39(30)49-43(33)34;1-2-12-28(13-3-1)47-37-19-9-4-14-29(37)32-23-24-33-30-15-5-10-20-38(30)48(43(33)42(32)47)44-41(45-35-17-7-8-18-36(35)46-44)27-22-25-40-34(26-27)31-16-6-11-21-39(31)49-40;1-2-13-27(14-3-1)47-37-22-9-4-15-28(37)31-25-26-32-29-16-5-10-23-38(29)48(42(32)41(31)47)44-40(45-35-20-7-8-21-36(35)46-44)34-19-12-18-33-30-17-6-11-24-39(30)49-43(33)34/h3*1-26H. The minimum absolute atomic E-state index is 0.759. The molecule has 0 unspecified atom stereocenters. The van der Waals surface area contributed by atoms with Crippen molar-refractivity contribution >= 4 is 239 Å². The average Bonchev–Trinajstić information content (AvgIpc) is 1.54. The second-order valence-electron chi connectivity index (χ2n) is 37.7. The van der Waals surface area contributed by atoms with Gasteiger partial charge in [0.1, 0.15) is 39.4 Å². The van der Waals surface area contributed by atoms with E-state index in [1.807, 2.05) is 96.3 Å². The molecule has 0 saturated heterocycles. The molecule has 0 N–H and O–H groups in total. The zero-order chi connectivity index (χ0) is 96.2. The summed E-state index contributed by atoms with van der Waals surface area (Å²) < 4.78 is 29.6. The number of para-hydroxylation sites is 18. The highest BCUT2D eigenvalue weighted by Crippen LogP contribution is 2.51. The molecule has 21 aromatic carbocycles. The quantitative estimate of drug-likeness (QED) is 0.139. The number of furan rings is 2. The molecule has 12 heterocycles. The van der Waals surface area contributed by atoms with Crippen LogP contribution in [0.3, 0.4) is 0 Å². The third-order valence-electron chi connectivity index (χ3n) is 29.7. The van der Waals surface area contributed by atoms with Gasteiger partial charge in [0.25, 0.3) is 0 Å². The zero-order valence-corrected chi connectivity index (χ0v) is 79.4. The lowest BCUT2D eigenvalue weighted by Crippen LogP contribution is -2.05. The second-order valence-corrected chi connectivity index (χ2v) is 38.8. The van der Waals surface area contributed by atoms with Crippen molar-refractivity contribution in [2.45, 2.75) is 0 Å². The molecule has 0 aliphatic rings. The van der Waals surface area contributed by atoms with E-state index in [1.165, 1.54) is 79.6 Å². The monoisotopic (exact) mass is 1890 g/mol. The predicted octanol–water partition coefficient (Wildman–Crippen LogP) is 34.6. The number of fused-ring (bicyclic) bond motifs is 33. The summed E-state index contributed by atoms with van der Waals surface area (Å²) in [6, 6.07) is 167. The van der Waals surface area contributed by atoms with E-state index < -0.39 is 0 Å². The Bertz CT molecular complexity index is 10900. The predicted molar refractivity (Wildman–Crippen MR) is 608 cm³/mol.